The molecule has 2 aliphatic heterocycles. The van der Waals surface area contributed by atoms with Gasteiger partial charge >= 0.3 is 0 Å². The fourth-order valence-corrected chi connectivity index (χ4v) is 11.1. The fourth-order valence-electron chi connectivity index (χ4n) is 8.73. The Morgan fingerprint density at radius 1 is 0.620 bits per heavy atom. The number of aromatic nitrogens is 3. The van der Waals surface area contributed by atoms with Crippen molar-refractivity contribution in [2.45, 2.75) is 21.8 Å². The maximum atomic E-state index is 5.57. The molecule has 12 rings (SSSR count). The van der Waals surface area contributed by atoms with Crippen molar-refractivity contribution < 1.29 is 0 Å². The number of hydrogen-bond acceptors (Lipinski definition) is 5. The van der Waals surface area contributed by atoms with Gasteiger partial charge in [0.1, 0.15) is 0 Å². The molecule has 0 saturated heterocycles. The minimum Gasteiger partial charge on any atom is -0.307 e. The van der Waals surface area contributed by atoms with Crippen LogP contribution in [0.2, 0.25) is 0 Å². The van der Waals surface area contributed by atoms with Gasteiger partial charge in [0.25, 0.3) is 0 Å². The normalized spacial score (nSPS) is 17.3. The first-order chi connectivity index (χ1) is 24.8. The van der Waals surface area contributed by atoms with Crippen molar-refractivity contribution in [2.24, 2.45) is 0 Å². The van der Waals surface area contributed by atoms with Crippen LogP contribution in [-0.4, -0.2) is 20.6 Å². The summed E-state index contributed by atoms with van der Waals surface area (Å²) in [4.78, 5) is 15.9. The van der Waals surface area contributed by atoms with Crippen molar-refractivity contribution in [3.05, 3.63) is 151 Å². The maximum absolute atomic E-state index is 5.57. The molecule has 3 aliphatic rings. The Morgan fingerprint density at radius 2 is 1.40 bits per heavy atom. The van der Waals surface area contributed by atoms with Crippen LogP contribution >= 0.6 is 23.1 Å². The molecule has 2 atom stereocenters. The lowest BCUT2D eigenvalue weighted by molar-refractivity contribution is 0.734. The molecule has 0 spiro atoms. The zero-order valence-corrected chi connectivity index (χ0v) is 28.2. The molecule has 9 aromatic rings. The van der Waals surface area contributed by atoms with E-state index >= 15 is 0 Å². The Morgan fingerprint density at radius 3 is 2.34 bits per heavy atom. The number of rotatable bonds is 2. The number of para-hydroxylation sites is 2. The van der Waals surface area contributed by atoms with Crippen molar-refractivity contribution in [3.8, 4) is 16.9 Å². The topological polar surface area (TPSA) is 34.0 Å². The van der Waals surface area contributed by atoms with Gasteiger partial charge in [-0.15, -0.1) is 11.3 Å². The number of thiophene rings is 1. The summed E-state index contributed by atoms with van der Waals surface area (Å²) in [5.74, 6) is 0.872. The monoisotopic (exact) mass is 674 g/mol. The van der Waals surface area contributed by atoms with Gasteiger partial charge in [0.2, 0.25) is 5.95 Å². The molecule has 1 aliphatic carbocycles. The largest absolute Gasteiger partial charge is 0.307 e. The molecule has 0 fully saturated rings. The molecule has 0 N–H and O–H groups in total. The second kappa shape index (κ2) is 9.94. The van der Waals surface area contributed by atoms with Crippen LogP contribution in [0.3, 0.4) is 0 Å². The van der Waals surface area contributed by atoms with Crippen LogP contribution in [0.5, 0.6) is 0 Å². The molecule has 0 saturated carbocycles. The van der Waals surface area contributed by atoms with Crippen molar-refractivity contribution in [3.63, 3.8) is 0 Å². The summed E-state index contributed by atoms with van der Waals surface area (Å²) in [6, 6.07) is 43.8. The van der Waals surface area contributed by atoms with E-state index in [-0.39, 0.29) is 12.0 Å². The summed E-state index contributed by atoms with van der Waals surface area (Å²) in [5, 5.41) is 6.36. The highest BCUT2D eigenvalue weighted by molar-refractivity contribution is 7.99. The summed E-state index contributed by atoms with van der Waals surface area (Å²) >= 11 is 3.73. The molecule has 2 unspecified atom stereocenters. The second-order valence-corrected chi connectivity index (χ2v) is 15.4. The van der Waals surface area contributed by atoms with E-state index in [4.69, 9.17) is 9.97 Å². The molecule has 6 heteroatoms. The summed E-state index contributed by atoms with van der Waals surface area (Å²) in [7, 11) is 0. The average Bonchev–Trinajstić information content (AvgIpc) is 3.83. The Balaban J connectivity index is 1.30. The zero-order chi connectivity index (χ0) is 32.5. The van der Waals surface area contributed by atoms with Crippen LogP contribution in [0.1, 0.15) is 11.5 Å². The third kappa shape index (κ3) is 3.47. The van der Waals surface area contributed by atoms with Crippen LogP contribution in [0.25, 0.3) is 69.8 Å². The van der Waals surface area contributed by atoms with E-state index in [0.717, 1.165) is 28.2 Å². The summed E-state index contributed by atoms with van der Waals surface area (Å²) < 4.78 is 5.15. The van der Waals surface area contributed by atoms with Crippen molar-refractivity contribution in [2.75, 3.05) is 4.90 Å². The summed E-state index contributed by atoms with van der Waals surface area (Å²) in [6.45, 7) is 0. The molecule has 3 aromatic heterocycles. The van der Waals surface area contributed by atoms with Gasteiger partial charge in [0.05, 0.1) is 34.0 Å². The van der Waals surface area contributed by atoms with Gasteiger partial charge in [-0.3, -0.25) is 0 Å². The highest BCUT2D eigenvalue weighted by atomic mass is 32.2. The Hall–Kier alpha value is -5.69. The molecule has 0 radical (unpaired) electrons. The molecule has 0 bridgehead atoms. The van der Waals surface area contributed by atoms with Crippen molar-refractivity contribution >= 4 is 87.6 Å². The van der Waals surface area contributed by atoms with Crippen LogP contribution in [0.15, 0.2) is 155 Å². The summed E-state index contributed by atoms with van der Waals surface area (Å²) in [5.41, 5.74) is 9.27. The first-order valence-electron chi connectivity index (χ1n) is 17.0. The van der Waals surface area contributed by atoms with E-state index in [9.17, 15) is 0 Å². The van der Waals surface area contributed by atoms with Crippen LogP contribution in [-0.2, 0) is 0 Å². The van der Waals surface area contributed by atoms with Gasteiger partial charge in [-0.05, 0) is 48.0 Å². The SMILES string of the molecule is C1=CC2c3c(c4c(c5ccccc5n4-c4ccccc4)c4sc5ccccc5c34)N(c3nc4c5c(cccc5n3)Sc3ccccc3-4)C2C=C1. The summed E-state index contributed by atoms with van der Waals surface area (Å²) in [6.07, 6.45) is 9.16. The van der Waals surface area contributed by atoms with Gasteiger partial charge < -0.3 is 9.47 Å². The predicted molar refractivity (Wildman–Crippen MR) is 210 cm³/mol. The smallest absolute Gasteiger partial charge is 0.231 e. The minimum atomic E-state index is 0.0192. The lowest BCUT2D eigenvalue weighted by Gasteiger charge is -2.29. The average molecular weight is 675 g/mol. The van der Waals surface area contributed by atoms with Crippen LogP contribution < -0.4 is 4.90 Å². The fraction of sp³-hybridized carbons (Fsp3) is 0.0455. The van der Waals surface area contributed by atoms with Crippen LogP contribution in [0.4, 0.5) is 11.6 Å². The molecule has 0 amide bonds. The molecule has 4 nitrogen and oxygen atoms in total. The molecule has 6 aromatic carbocycles. The number of fused-ring (bicyclic) bond motifs is 14. The van der Waals surface area contributed by atoms with E-state index in [1.54, 1.807) is 0 Å². The molecule has 5 heterocycles. The molecule has 234 valence electrons. The van der Waals surface area contributed by atoms with Crippen molar-refractivity contribution in [1.82, 2.24) is 14.5 Å². The quantitative estimate of drug-likeness (QED) is 0.183. The number of anilines is 2. The third-order valence-electron chi connectivity index (χ3n) is 10.7. The molecule has 50 heavy (non-hydrogen) atoms. The second-order valence-electron chi connectivity index (χ2n) is 13.3. The highest BCUT2D eigenvalue weighted by Crippen LogP contribution is 2.59. The van der Waals surface area contributed by atoms with E-state index in [1.807, 2.05) is 23.1 Å². The maximum Gasteiger partial charge on any atom is 0.231 e. The standard InChI is InChI=1S/C44H26N4S2/c1-2-13-25(14-3-1)47-31-20-8-5-16-27(31)38-42(47)41-36(37-28-17-6-10-22-33(28)50-43(37)38)26-15-4-9-21-32(26)48(41)44-45-30-19-12-24-35-39(30)40(46-44)29-18-7-11-23-34(29)49-35/h1-24,26,32H. The number of hydrogen-bond donors (Lipinski definition) is 0. The predicted octanol–water partition coefficient (Wildman–Crippen LogP) is 12.0. The van der Waals surface area contributed by atoms with Gasteiger partial charge in [-0.25, -0.2) is 9.97 Å². The van der Waals surface area contributed by atoms with Gasteiger partial charge in [-0.2, -0.15) is 0 Å². The lowest BCUT2D eigenvalue weighted by Crippen LogP contribution is -2.30. The molecular weight excluding hydrogens is 649 g/mol. The number of benzene rings is 6. The number of allylic oxidation sites excluding steroid dienone is 2. The van der Waals surface area contributed by atoms with Gasteiger partial charge in [-0.1, -0.05) is 115 Å². The Labute approximate surface area is 295 Å². The lowest BCUT2D eigenvalue weighted by atomic mass is 9.88. The van der Waals surface area contributed by atoms with E-state index in [0.29, 0.717) is 0 Å². The first-order valence-corrected chi connectivity index (χ1v) is 18.6. The third-order valence-corrected chi connectivity index (χ3v) is 13.0. The van der Waals surface area contributed by atoms with Gasteiger partial charge in [0, 0.05) is 63.3 Å². The number of nitrogens with zero attached hydrogens (tertiary/aromatic N) is 4. The van der Waals surface area contributed by atoms with E-state index < -0.39 is 0 Å². The van der Waals surface area contributed by atoms with E-state index in [1.165, 1.54) is 68.6 Å². The van der Waals surface area contributed by atoms with E-state index in [2.05, 4.69) is 155 Å². The van der Waals surface area contributed by atoms with Gasteiger partial charge in [0.15, 0.2) is 0 Å². The minimum absolute atomic E-state index is 0.0192. The van der Waals surface area contributed by atoms with Crippen LogP contribution in [0, 0.1) is 0 Å². The molecular formula is C44H26N4S2. The first kappa shape index (κ1) is 27.2. The Bertz CT molecular complexity index is 2990. The highest BCUT2D eigenvalue weighted by Gasteiger charge is 2.44. The van der Waals surface area contributed by atoms with Crippen molar-refractivity contribution in [1.29, 1.82) is 0 Å². The Kier molecular flexibility index (Phi) is 5.40. The zero-order valence-electron chi connectivity index (χ0n) is 26.6.